The number of benzene rings is 3. The Bertz CT molecular complexity index is 1010. The summed E-state index contributed by atoms with van der Waals surface area (Å²) in [6, 6.07) is 21.4. The normalized spacial score (nSPS) is 10.4. The van der Waals surface area contributed by atoms with Crippen LogP contribution in [0, 0.1) is 6.92 Å². The second-order valence-electron chi connectivity index (χ2n) is 6.52. The molecule has 0 aliphatic heterocycles. The Morgan fingerprint density at radius 2 is 1.28 bits per heavy atom. The molecule has 0 amide bonds. The summed E-state index contributed by atoms with van der Waals surface area (Å²) in [7, 11) is 0. The summed E-state index contributed by atoms with van der Waals surface area (Å²) >= 11 is 0. The number of esters is 2. The minimum atomic E-state index is -0.532. The maximum absolute atomic E-state index is 12.8. The summed E-state index contributed by atoms with van der Waals surface area (Å²) in [5, 5.41) is 0. The molecule has 0 fully saturated rings. The fourth-order valence-electron chi connectivity index (χ4n) is 3.48. The van der Waals surface area contributed by atoms with E-state index < -0.39 is 11.9 Å². The molecule has 4 heteroatoms. The molecule has 0 aromatic heterocycles. The van der Waals surface area contributed by atoms with Crippen LogP contribution in [-0.2, 0) is 9.47 Å². The van der Waals surface area contributed by atoms with Crippen LogP contribution in [0.25, 0.3) is 22.3 Å². The second-order valence-corrected chi connectivity index (χ2v) is 6.52. The number of hydrogen-bond donors (Lipinski definition) is 0. The molecule has 0 heterocycles. The molecule has 3 aromatic rings. The Morgan fingerprint density at radius 3 is 1.83 bits per heavy atom. The van der Waals surface area contributed by atoms with Crippen molar-refractivity contribution in [3.05, 3.63) is 83.4 Å². The van der Waals surface area contributed by atoms with E-state index in [0.29, 0.717) is 5.56 Å². The fourth-order valence-corrected chi connectivity index (χ4v) is 3.48. The van der Waals surface area contributed by atoms with Crippen LogP contribution in [0.15, 0.2) is 66.7 Å². The molecule has 0 saturated carbocycles. The third-order valence-electron chi connectivity index (χ3n) is 4.70. The second kappa shape index (κ2) is 9.20. The zero-order valence-electron chi connectivity index (χ0n) is 16.9. The molecule has 0 atom stereocenters. The predicted octanol–water partition coefficient (Wildman–Crippen LogP) is 5.68. The summed E-state index contributed by atoms with van der Waals surface area (Å²) in [6.07, 6.45) is 0. The SMILES string of the molecule is CCOC(=O)c1cc(-c2ccccc2)c(-c2ccccc2)c(C)c1C(=O)OCC. The van der Waals surface area contributed by atoms with Crippen LogP contribution in [0.4, 0.5) is 0 Å². The molecule has 0 unspecified atom stereocenters. The van der Waals surface area contributed by atoms with E-state index in [9.17, 15) is 9.59 Å². The van der Waals surface area contributed by atoms with Crippen molar-refractivity contribution in [2.75, 3.05) is 13.2 Å². The van der Waals surface area contributed by atoms with Crippen LogP contribution in [0.3, 0.4) is 0 Å². The van der Waals surface area contributed by atoms with Gasteiger partial charge in [-0.3, -0.25) is 0 Å². The van der Waals surface area contributed by atoms with Crippen LogP contribution < -0.4 is 0 Å². The first-order valence-corrected chi connectivity index (χ1v) is 9.71. The maximum Gasteiger partial charge on any atom is 0.339 e. The summed E-state index contributed by atoms with van der Waals surface area (Å²) < 4.78 is 10.5. The molecule has 0 saturated heterocycles. The zero-order valence-corrected chi connectivity index (χ0v) is 16.9. The molecule has 0 aliphatic rings. The van der Waals surface area contributed by atoms with Crippen LogP contribution in [0.2, 0.25) is 0 Å². The van der Waals surface area contributed by atoms with Gasteiger partial charge in [-0.1, -0.05) is 60.7 Å². The Balaban J connectivity index is 2.38. The summed E-state index contributed by atoms with van der Waals surface area (Å²) in [5.74, 6) is -1.06. The summed E-state index contributed by atoms with van der Waals surface area (Å²) in [5.41, 5.74) is 4.85. The van der Waals surface area contributed by atoms with Gasteiger partial charge in [-0.25, -0.2) is 9.59 Å². The van der Waals surface area contributed by atoms with Gasteiger partial charge in [-0.05, 0) is 54.7 Å². The third kappa shape index (κ3) is 4.21. The van der Waals surface area contributed by atoms with Crippen molar-refractivity contribution >= 4 is 11.9 Å². The van der Waals surface area contributed by atoms with Gasteiger partial charge in [0.25, 0.3) is 0 Å². The minimum absolute atomic E-state index is 0.223. The van der Waals surface area contributed by atoms with Gasteiger partial charge in [-0.2, -0.15) is 0 Å². The number of rotatable bonds is 6. The van der Waals surface area contributed by atoms with Crippen molar-refractivity contribution in [1.82, 2.24) is 0 Å². The Hall–Kier alpha value is -3.40. The molecule has 148 valence electrons. The average Bonchev–Trinajstić information content (AvgIpc) is 2.74. The summed E-state index contributed by atoms with van der Waals surface area (Å²) in [4.78, 5) is 25.5. The van der Waals surface area contributed by atoms with Crippen molar-refractivity contribution in [3.63, 3.8) is 0 Å². The number of carbonyl (C=O) groups excluding carboxylic acids is 2. The highest BCUT2D eigenvalue weighted by atomic mass is 16.5. The highest BCUT2D eigenvalue weighted by molar-refractivity contribution is 6.08. The van der Waals surface area contributed by atoms with Crippen molar-refractivity contribution in [2.24, 2.45) is 0 Å². The van der Waals surface area contributed by atoms with E-state index in [1.807, 2.05) is 67.6 Å². The Morgan fingerprint density at radius 1 is 0.759 bits per heavy atom. The van der Waals surface area contributed by atoms with Crippen molar-refractivity contribution in [1.29, 1.82) is 0 Å². The molecule has 29 heavy (non-hydrogen) atoms. The highest BCUT2D eigenvalue weighted by Crippen LogP contribution is 2.38. The Kier molecular flexibility index (Phi) is 6.45. The smallest absolute Gasteiger partial charge is 0.339 e. The lowest BCUT2D eigenvalue weighted by atomic mass is 9.85. The van der Waals surface area contributed by atoms with Gasteiger partial charge in [0.15, 0.2) is 0 Å². The average molecular weight is 388 g/mol. The van der Waals surface area contributed by atoms with Crippen molar-refractivity contribution in [3.8, 4) is 22.3 Å². The largest absolute Gasteiger partial charge is 0.462 e. The topological polar surface area (TPSA) is 52.6 Å². The fraction of sp³-hybridized carbons (Fsp3) is 0.200. The van der Waals surface area contributed by atoms with Crippen molar-refractivity contribution in [2.45, 2.75) is 20.8 Å². The number of hydrogen-bond acceptors (Lipinski definition) is 4. The highest BCUT2D eigenvalue weighted by Gasteiger charge is 2.27. The molecular formula is C25H24O4. The minimum Gasteiger partial charge on any atom is -0.462 e. The van der Waals surface area contributed by atoms with Crippen LogP contribution in [-0.4, -0.2) is 25.2 Å². The molecule has 0 bridgehead atoms. The Labute approximate surface area is 171 Å². The van der Waals surface area contributed by atoms with E-state index in [4.69, 9.17) is 9.47 Å². The third-order valence-corrected chi connectivity index (χ3v) is 4.70. The number of ether oxygens (including phenoxy) is 2. The van der Waals surface area contributed by atoms with Gasteiger partial charge in [0.2, 0.25) is 0 Å². The lowest BCUT2D eigenvalue weighted by Crippen LogP contribution is -2.17. The standard InChI is InChI=1S/C25H24O4/c1-4-28-24(26)21-16-20(18-12-8-6-9-13-18)22(19-14-10-7-11-15-19)17(3)23(21)25(27)29-5-2/h6-16H,4-5H2,1-3H3. The van der Waals surface area contributed by atoms with E-state index in [1.54, 1.807) is 19.9 Å². The lowest BCUT2D eigenvalue weighted by Gasteiger charge is -2.20. The molecule has 0 radical (unpaired) electrons. The molecular weight excluding hydrogens is 364 g/mol. The van der Waals surface area contributed by atoms with Crippen LogP contribution in [0.5, 0.6) is 0 Å². The molecule has 3 rings (SSSR count). The van der Waals surface area contributed by atoms with Crippen molar-refractivity contribution < 1.29 is 19.1 Å². The van der Waals surface area contributed by atoms with Gasteiger partial charge in [-0.15, -0.1) is 0 Å². The van der Waals surface area contributed by atoms with Gasteiger partial charge < -0.3 is 9.47 Å². The van der Waals surface area contributed by atoms with E-state index in [1.165, 1.54) is 0 Å². The van der Waals surface area contributed by atoms with E-state index in [0.717, 1.165) is 22.3 Å². The first-order valence-electron chi connectivity index (χ1n) is 9.71. The van der Waals surface area contributed by atoms with Crippen LogP contribution >= 0.6 is 0 Å². The predicted molar refractivity (Wildman–Crippen MR) is 114 cm³/mol. The van der Waals surface area contributed by atoms with Gasteiger partial charge >= 0.3 is 11.9 Å². The molecule has 4 nitrogen and oxygen atoms in total. The zero-order chi connectivity index (χ0) is 20.8. The molecule has 0 aliphatic carbocycles. The first kappa shape index (κ1) is 20.3. The van der Waals surface area contributed by atoms with Crippen LogP contribution in [0.1, 0.15) is 40.1 Å². The maximum atomic E-state index is 12.8. The summed E-state index contributed by atoms with van der Waals surface area (Å²) in [6.45, 7) is 5.78. The van der Waals surface area contributed by atoms with E-state index in [-0.39, 0.29) is 24.3 Å². The monoisotopic (exact) mass is 388 g/mol. The van der Waals surface area contributed by atoms with Gasteiger partial charge in [0.05, 0.1) is 24.3 Å². The van der Waals surface area contributed by atoms with Gasteiger partial charge in [0, 0.05) is 0 Å². The molecule has 3 aromatic carbocycles. The lowest BCUT2D eigenvalue weighted by molar-refractivity contribution is 0.0478. The van der Waals surface area contributed by atoms with Gasteiger partial charge in [0.1, 0.15) is 0 Å². The number of carbonyl (C=O) groups is 2. The molecule has 0 spiro atoms. The molecule has 0 N–H and O–H groups in total. The van der Waals surface area contributed by atoms with E-state index in [2.05, 4.69) is 0 Å². The van der Waals surface area contributed by atoms with E-state index >= 15 is 0 Å². The quantitative estimate of drug-likeness (QED) is 0.510. The first-order chi connectivity index (χ1) is 14.1.